The summed E-state index contributed by atoms with van der Waals surface area (Å²) in [5.41, 5.74) is 1.68. The summed E-state index contributed by atoms with van der Waals surface area (Å²) in [7, 11) is 1.39. The molecule has 1 unspecified atom stereocenters. The van der Waals surface area contributed by atoms with Crippen LogP contribution in [-0.4, -0.2) is 25.8 Å². The Kier molecular flexibility index (Phi) is 5.70. The molecule has 0 spiro atoms. The average molecular weight is 236 g/mol. The van der Waals surface area contributed by atoms with Gasteiger partial charge in [0, 0.05) is 0 Å². The van der Waals surface area contributed by atoms with Crippen LogP contribution < -0.4 is 0 Å². The van der Waals surface area contributed by atoms with E-state index in [0.717, 1.165) is 18.4 Å². The normalized spacial score (nSPS) is 12.2. The van der Waals surface area contributed by atoms with E-state index in [0.29, 0.717) is 18.3 Å². The Morgan fingerprint density at radius 1 is 1.41 bits per heavy atom. The van der Waals surface area contributed by atoms with Crippen LogP contribution in [0.25, 0.3) is 0 Å². The number of hydrogen-bond acceptors (Lipinski definition) is 3. The Balaban J connectivity index is 2.51. The Labute approximate surface area is 103 Å². The zero-order valence-corrected chi connectivity index (χ0v) is 10.7. The van der Waals surface area contributed by atoms with Crippen LogP contribution in [0.2, 0.25) is 0 Å². The Morgan fingerprint density at radius 3 is 2.82 bits per heavy atom. The monoisotopic (exact) mass is 236 g/mol. The van der Waals surface area contributed by atoms with Crippen LogP contribution in [0.5, 0.6) is 0 Å². The van der Waals surface area contributed by atoms with Gasteiger partial charge in [0.25, 0.3) is 0 Å². The van der Waals surface area contributed by atoms with Crippen molar-refractivity contribution in [1.82, 2.24) is 0 Å². The first-order valence-corrected chi connectivity index (χ1v) is 5.96. The fourth-order valence-corrected chi connectivity index (χ4v) is 1.47. The minimum Gasteiger partial charge on any atom is -0.465 e. The molecule has 0 saturated carbocycles. The van der Waals surface area contributed by atoms with Crippen LogP contribution in [0.15, 0.2) is 24.3 Å². The molecule has 1 rings (SSSR count). The largest absolute Gasteiger partial charge is 0.465 e. The van der Waals surface area contributed by atoms with E-state index in [1.807, 2.05) is 18.2 Å². The molecule has 0 aromatic heterocycles. The first kappa shape index (κ1) is 13.7. The van der Waals surface area contributed by atoms with Crippen molar-refractivity contribution in [2.45, 2.75) is 32.8 Å². The van der Waals surface area contributed by atoms with Crippen LogP contribution in [0.4, 0.5) is 0 Å². The second-order valence-corrected chi connectivity index (χ2v) is 4.03. The lowest BCUT2D eigenvalue weighted by Crippen LogP contribution is -2.09. The van der Waals surface area contributed by atoms with Gasteiger partial charge in [0.2, 0.25) is 0 Å². The number of ether oxygens (including phenoxy) is 2. The van der Waals surface area contributed by atoms with Gasteiger partial charge in [-0.3, -0.25) is 0 Å². The van der Waals surface area contributed by atoms with Crippen LogP contribution in [-0.2, 0) is 15.9 Å². The molecule has 3 nitrogen and oxygen atoms in total. The maximum Gasteiger partial charge on any atom is 0.337 e. The highest BCUT2D eigenvalue weighted by Crippen LogP contribution is 2.08. The van der Waals surface area contributed by atoms with Gasteiger partial charge >= 0.3 is 5.97 Å². The van der Waals surface area contributed by atoms with E-state index in [-0.39, 0.29) is 5.97 Å². The number of carbonyl (C=O) groups excluding carboxylic acids is 1. The Morgan fingerprint density at radius 2 is 2.18 bits per heavy atom. The second kappa shape index (κ2) is 7.07. The zero-order chi connectivity index (χ0) is 12.7. The van der Waals surface area contributed by atoms with Crippen LogP contribution >= 0.6 is 0 Å². The molecule has 3 heteroatoms. The minimum atomic E-state index is -0.297. The third-order valence-corrected chi connectivity index (χ3v) is 2.72. The van der Waals surface area contributed by atoms with E-state index < -0.39 is 0 Å². The maximum absolute atomic E-state index is 11.3. The van der Waals surface area contributed by atoms with E-state index in [4.69, 9.17) is 4.74 Å². The zero-order valence-electron chi connectivity index (χ0n) is 10.7. The van der Waals surface area contributed by atoms with Gasteiger partial charge in [-0.05, 0) is 37.5 Å². The highest BCUT2D eigenvalue weighted by atomic mass is 16.5. The summed E-state index contributed by atoms with van der Waals surface area (Å²) < 4.78 is 10.3. The van der Waals surface area contributed by atoms with Crippen molar-refractivity contribution in [3.63, 3.8) is 0 Å². The summed E-state index contributed by atoms with van der Waals surface area (Å²) in [5, 5.41) is 0. The van der Waals surface area contributed by atoms with Gasteiger partial charge in [0.15, 0.2) is 0 Å². The van der Waals surface area contributed by atoms with Gasteiger partial charge in [-0.1, -0.05) is 19.1 Å². The van der Waals surface area contributed by atoms with Crippen LogP contribution in [0, 0.1) is 0 Å². The number of hydrogen-bond donors (Lipinski definition) is 0. The van der Waals surface area contributed by atoms with Crippen molar-refractivity contribution in [2.75, 3.05) is 13.7 Å². The number of benzene rings is 1. The molecule has 0 radical (unpaired) electrons. The molecule has 1 atom stereocenters. The average Bonchev–Trinajstić information content (AvgIpc) is 2.38. The Bertz CT molecular complexity index is 360. The standard InChI is InChI=1S/C14H20O3/c1-4-11(2)17-9-8-12-6-5-7-13(10-12)14(15)16-3/h5-7,10-11H,4,8-9H2,1-3H3. The molecule has 0 bridgehead atoms. The molecule has 17 heavy (non-hydrogen) atoms. The SMILES string of the molecule is CCC(C)OCCc1cccc(C(=O)OC)c1. The maximum atomic E-state index is 11.3. The summed E-state index contributed by atoms with van der Waals surface area (Å²) >= 11 is 0. The molecule has 0 amide bonds. The molecule has 0 fully saturated rings. The van der Waals surface area contributed by atoms with Gasteiger partial charge in [-0.2, -0.15) is 0 Å². The molecule has 0 saturated heterocycles. The summed E-state index contributed by atoms with van der Waals surface area (Å²) in [6.45, 7) is 4.84. The lowest BCUT2D eigenvalue weighted by molar-refractivity contribution is 0.0598. The van der Waals surface area contributed by atoms with Crippen molar-refractivity contribution >= 4 is 5.97 Å². The number of carbonyl (C=O) groups is 1. The van der Waals surface area contributed by atoms with Crippen LogP contribution in [0.1, 0.15) is 36.2 Å². The van der Waals surface area contributed by atoms with Gasteiger partial charge < -0.3 is 9.47 Å². The van der Waals surface area contributed by atoms with Gasteiger partial charge in [-0.15, -0.1) is 0 Å². The molecule has 0 N–H and O–H groups in total. The molecular formula is C14H20O3. The van der Waals surface area contributed by atoms with Crippen LogP contribution in [0.3, 0.4) is 0 Å². The Hall–Kier alpha value is -1.35. The first-order valence-electron chi connectivity index (χ1n) is 5.96. The van der Waals surface area contributed by atoms with Gasteiger partial charge in [-0.25, -0.2) is 4.79 Å². The third-order valence-electron chi connectivity index (χ3n) is 2.72. The second-order valence-electron chi connectivity index (χ2n) is 4.03. The molecule has 1 aromatic rings. The van der Waals surface area contributed by atoms with Gasteiger partial charge in [0.05, 0.1) is 25.4 Å². The molecule has 1 aromatic carbocycles. The summed E-state index contributed by atoms with van der Waals surface area (Å²) in [6.07, 6.45) is 2.12. The van der Waals surface area contributed by atoms with Crippen molar-refractivity contribution in [1.29, 1.82) is 0 Å². The smallest absolute Gasteiger partial charge is 0.337 e. The fraction of sp³-hybridized carbons (Fsp3) is 0.500. The van der Waals surface area contributed by atoms with E-state index >= 15 is 0 Å². The van der Waals surface area contributed by atoms with Crippen molar-refractivity contribution in [3.8, 4) is 0 Å². The third kappa shape index (κ3) is 4.57. The molecular weight excluding hydrogens is 216 g/mol. The van der Waals surface area contributed by atoms with E-state index in [9.17, 15) is 4.79 Å². The van der Waals surface area contributed by atoms with Gasteiger partial charge in [0.1, 0.15) is 0 Å². The number of rotatable bonds is 6. The summed E-state index contributed by atoms with van der Waals surface area (Å²) in [4.78, 5) is 11.3. The summed E-state index contributed by atoms with van der Waals surface area (Å²) in [6, 6.07) is 7.47. The van der Waals surface area contributed by atoms with Crippen molar-refractivity contribution in [2.24, 2.45) is 0 Å². The van der Waals surface area contributed by atoms with Crippen molar-refractivity contribution < 1.29 is 14.3 Å². The molecule has 0 aliphatic rings. The molecule has 94 valence electrons. The number of esters is 1. The molecule has 0 aliphatic heterocycles. The predicted octanol–water partition coefficient (Wildman–Crippen LogP) is 2.83. The van der Waals surface area contributed by atoms with E-state index in [1.165, 1.54) is 7.11 Å². The lowest BCUT2D eigenvalue weighted by atomic mass is 10.1. The summed E-state index contributed by atoms with van der Waals surface area (Å²) in [5.74, 6) is -0.297. The highest BCUT2D eigenvalue weighted by Gasteiger charge is 2.05. The lowest BCUT2D eigenvalue weighted by Gasteiger charge is -2.10. The fourth-order valence-electron chi connectivity index (χ4n) is 1.47. The minimum absolute atomic E-state index is 0.291. The van der Waals surface area contributed by atoms with Crippen molar-refractivity contribution in [3.05, 3.63) is 35.4 Å². The quantitative estimate of drug-likeness (QED) is 0.712. The first-order chi connectivity index (χ1) is 8.17. The number of methoxy groups -OCH3 is 1. The van der Waals surface area contributed by atoms with E-state index in [1.54, 1.807) is 6.07 Å². The predicted molar refractivity (Wildman–Crippen MR) is 67.2 cm³/mol. The molecule has 0 aliphatic carbocycles. The highest BCUT2D eigenvalue weighted by molar-refractivity contribution is 5.89. The topological polar surface area (TPSA) is 35.5 Å². The van der Waals surface area contributed by atoms with E-state index in [2.05, 4.69) is 18.6 Å². The molecule has 0 heterocycles.